The number of thiophene rings is 1. The van der Waals surface area contributed by atoms with Crippen molar-refractivity contribution in [2.24, 2.45) is 0 Å². The zero-order valence-corrected chi connectivity index (χ0v) is 19.7. The number of nitrogens with one attached hydrogen (secondary N) is 2. The number of aryl methyl sites for hydroxylation is 2. The van der Waals surface area contributed by atoms with Crippen molar-refractivity contribution in [3.63, 3.8) is 0 Å². The molecule has 0 saturated heterocycles. The summed E-state index contributed by atoms with van der Waals surface area (Å²) in [4.78, 5) is 29.0. The molecule has 2 aromatic heterocycles. The molecule has 0 radical (unpaired) electrons. The molecule has 3 N–H and O–H groups in total. The molecule has 34 heavy (non-hydrogen) atoms. The number of hydrogen-bond acceptors (Lipinski definition) is 6. The largest absolute Gasteiger partial charge is 0.481 e. The fourth-order valence-corrected chi connectivity index (χ4v) is 4.93. The zero-order chi connectivity index (χ0) is 23.9. The molecule has 6 nitrogen and oxygen atoms in total. The molecule has 4 aromatic rings. The fraction of sp³-hybridized carbons (Fsp3) is 0.160. The monoisotopic (exact) mass is 495 g/mol. The molecule has 2 aromatic carbocycles. The molecule has 0 aliphatic rings. The zero-order valence-electron chi connectivity index (χ0n) is 18.1. The SMILES string of the molecule is O=C(O)Cc1csc(NC(=O)c2ccc(CNc3ccccc3CCc3ccc(F)cc3)s2)n1. The van der Waals surface area contributed by atoms with E-state index in [2.05, 4.69) is 21.7 Å². The van der Waals surface area contributed by atoms with Crippen LogP contribution in [0.25, 0.3) is 0 Å². The minimum Gasteiger partial charge on any atom is -0.481 e. The van der Waals surface area contributed by atoms with Crippen LogP contribution in [0.2, 0.25) is 0 Å². The lowest BCUT2D eigenvalue weighted by Gasteiger charge is -2.11. The molecule has 9 heteroatoms. The van der Waals surface area contributed by atoms with Gasteiger partial charge < -0.3 is 10.4 Å². The number of hydrogen-bond donors (Lipinski definition) is 3. The van der Waals surface area contributed by atoms with Crippen molar-refractivity contribution < 1.29 is 19.1 Å². The van der Waals surface area contributed by atoms with Crippen LogP contribution in [0.3, 0.4) is 0 Å². The smallest absolute Gasteiger partial charge is 0.309 e. The second kappa shape index (κ2) is 11.0. The number of aliphatic carboxylic acids is 1. The topological polar surface area (TPSA) is 91.3 Å². The number of para-hydroxylation sites is 1. The first-order valence-corrected chi connectivity index (χ1v) is 12.3. The summed E-state index contributed by atoms with van der Waals surface area (Å²) in [7, 11) is 0. The molecule has 0 saturated carbocycles. The Morgan fingerprint density at radius 2 is 1.79 bits per heavy atom. The molecule has 0 unspecified atom stereocenters. The molecule has 174 valence electrons. The highest BCUT2D eigenvalue weighted by Gasteiger charge is 2.13. The van der Waals surface area contributed by atoms with Crippen LogP contribution in [0.4, 0.5) is 15.2 Å². The third-order valence-corrected chi connectivity index (χ3v) is 6.95. The lowest BCUT2D eigenvalue weighted by atomic mass is 10.0. The molecule has 0 fully saturated rings. The lowest BCUT2D eigenvalue weighted by Crippen LogP contribution is -2.10. The summed E-state index contributed by atoms with van der Waals surface area (Å²) in [6.07, 6.45) is 1.46. The Labute approximate surface area is 204 Å². The van der Waals surface area contributed by atoms with E-state index >= 15 is 0 Å². The van der Waals surface area contributed by atoms with Gasteiger partial charge in [-0.05, 0) is 54.3 Å². The standard InChI is InChI=1S/C25H22FN3O3S2/c26-18-9-6-16(7-10-18)5-8-17-3-1-2-4-21(17)27-14-20-11-12-22(34-20)24(32)29-25-28-19(15-33-25)13-23(30)31/h1-4,6-7,9-12,15,27H,5,8,13-14H2,(H,30,31)(H,28,29,32). The molecule has 2 heterocycles. The highest BCUT2D eigenvalue weighted by atomic mass is 32.1. The van der Waals surface area contributed by atoms with E-state index in [1.165, 1.54) is 40.4 Å². The third-order valence-electron chi connectivity index (χ3n) is 5.06. The maximum Gasteiger partial charge on any atom is 0.309 e. The van der Waals surface area contributed by atoms with Crippen molar-refractivity contribution in [1.29, 1.82) is 0 Å². The average Bonchev–Trinajstić information content (AvgIpc) is 3.47. The quantitative estimate of drug-likeness (QED) is 0.266. The van der Waals surface area contributed by atoms with Crippen LogP contribution in [0.1, 0.15) is 31.4 Å². The number of anilines is 2. The van der Waals surface area contributed by atoms with Crippen LogP contribution in [0.15, 0.2) is 66.0 Å². The number of amides is 1. The fourth-order valence-electron chi connectivity index (χ4n) is 3.38. The van der Waals surface area contributed by atoms with Crippen molar-refractivity contribution in [3.8, 4) is 0 Å². The Kier molecular flexibility index (Phi) is 7.66. The summed E-state index contributed by atoms with van der Waals surface area (Å²) in [5.74, 6) is -1.47. The molecule has 0 aliphatic carbocycles. The van der Waals surface area contributed by atoms with Gasteiger partial charge in [0.25, 0.3) is 5.91 Å². The first-order chi connectivity index (χ1) is 16.5. The van der Waals surface area contributed by atoms with E-state index in [0.29, 0.717) is 22.2 Å². The average molecular weight is 496 g/mol. The van der Waals surface area contributed by atoms with E-state index in [1.807, 2.05) is 36.4 Å². The highest BCUT2D eigenvalue weighted by Crippen LogP contribution is 2.23. The number of carboxylic acid groups (broad SMARTS) is 1. The van der Waals surface area contributed by atoms with Gasteiger partial charge in [0, 0.05) is 22.5 Å². The van der Waals surface area contributed by atoms with E-state index in [-0.39, 0.29) is 18.1 Å². The van der Waals surface area contributed by atoms with Gasteiger partial charge in [-0.15, -0.1) is 22.7 Å². The number of nitrogens with zero attached hydrogens (tertiary/aromatic N) is 1. The Balaban J connectivity index is 1.33. The van der Waals surface area contributed by atoms with Crippen LogP contribution in [0, 0.1) is 5.82 Å². The summed E-state index contributed by atoms with van der Waals surface area (Å²) >= 11 is 2.59. The molecule has 1 amide bonds. The first-order valence-electron chi connectivity index (χ1n) is 10.6. The van der Waals surface area contributed by atoms with Gasteiger partial charge in [0.05, 0.1) is 17.0 Å². The minimum atomic E-state index is -0.962. The number of benzene rings is 2. The van der Waals surface area contributed by atoms with E-state index in [1.54, 1.807) is 11.4 Å². The first kappa shape index (κ1) is 23.6. The van der Waals surface area contributed by atoms with Crippen molar-refractivity contribution >= 4 is 45.4 Å². The lowest BCUT2D eigenvalue weighted by molar-refractivity contribution is -0.136. The predicted octanol–water partition coefficient (Wildman–Crippen LogP) is 5.62. The van der Waals surface area contributed by atoms with Crippen LogP contribution in [0.5, 0.6) is 0 Å². The van der Waals surface area contributed by atoms with Gasteiger partial charge in [-0.25, -0.2) is 9.37 Å². The number of rotatable bonds is 10. The van der Waals surface area contributed by atoms with Gasteiger partial charge in [-0.3, -0.25) is 14.9 Å². The Morgan fingerprint density at radius 3 is 2.59 bits per heavy atom. The second-order valence-electron chi connectivity index (χ2n) is 7.57. The summed E-state index contributed by atoms with van der Waals surface area (Å²) in [5, 5.41) is 17.0. The van der Waals surface area contributed by atoms with E-state index in [0.717, 1.165) is 29.0 Å². The van der Waals surface area contributed by atoms with Gasteiger partial charge >= 0.3 is 5.97 Å². The minimum absolute atomic E-state index is 0.174. The Hall–Kier alpha value is -3.56. The normalized spacial score (nSPS) is 10.7. The maximum atomic E-state index is 13.1. The van der Waals surface area contributed by atoms with Crippen LogP contribution in [-0.2, 0) is 30.6 Å². The number of aromatic nitrogens is 1. The van der Waals surface area contributed by atoms with Gasteiger partial charge in [0.15, 0.2) is 5.13 Å². The van der Waals surface area contributed by atoms with Gasteiger partial charge in [-0.1, -0.05) is 30.3 Å². The van der Waals surface area contributed by atoms with Gasteiger partial charge in [0.1, 0.15) is 5.82 Å². The van der Waals surface area contributed by atoms with E-state index in [9.17, 15) is 14.0 Å². The van der Waals surface area contributed by atoms with Crippen LogP contribution >= 0.6 is 22.7 Å². The molecule has 0 bridgehead atoms. The summed E-state index contributed by atoms with van der Waals surface area (Å²) in [5.41, 5.74) is 3.70. The number of thiazole rings is 1. The van der Waals surface area contributed by atoms with E-state index < -0.39 is 5.97 Å². The molecular formula is C25H22FN3O3S2. The second-order valence-corrected chi connectivity index (χ2v) is 9.60. The Bertz CT molecular complexity index is 1280. The highest BCUT2D eigenvalue weighted by molar-refractivity contribution is 7.15. The molecule has 4 rings (SSSR count). The maximum absolute atomic E-state index is 13.1. The molecular weight excluding hydrogens is 473 g/mol. The van der Waals surface area contributed by atoms with E-state index in [4.69, 9.17) is 5.11 Å². The van der Waals surface area contributed by atoms with Crippen molar-refractivity contribution in [2.75, 3.05) is 10.6 Å². The summed E-state index contributed by atoms with van der Waals surface area (Å²) < 4.78 is 13.1. The van der Waals surface area contributed by atoms with Crippen molar-refractivity contribution in [2.45, 2.75) is 25.8 Å². The predicted molar refractivity (Wildman–Crippen MR) is 133 cm³/mol. The number of carboxylic acids is 1. The molecule has 0 aliphatic heterocycles. The van der Waals surface area contributed by atoms with Crippen molar-refractivity contribution in [1.82, 2.24) is 4.98 Å². The van der Waals surface area contributed by atoms with Crippen LogP contribution in [-0.4, -0.2) is 22.0 Å². The van der Waals surface area contributed by atoms with Crippen LogP contribution < -0.4 is 10.6 Å². The number of halogens is 1. The molecule has 0 spiro atoms. The summed E-state index contributed by atoms with van der Waals surface area (Å²) in [6.45, 7) is 0.575. The number of carbonyl (C=O) groups is 2. The van der Waals surface area contributed by atoms with Crippen molar-refractivity contribution in [3.05, 3.63) is 98.4 Å². The summed E-state index contributed by atoms with van der Waals surface area (Å²) in [6, 6.07) is 18.3. The third kappa shape index (κ3) is 6.49. The van der Waals surface area contributed by atoms with Gasteiger partial charge in [0.2, 0.25) is 0 Å². The number of carbonyl (C=O) groups excluding carboxylic acids is 1. The Morgan fingerprint density at radius 1 is 1.00 bits per heavy atom. The van der Waals surface area contributed by atoms with Gasteiger partial charge in [-0.2, -0.15) is 0 Å². The molecule has 0 atom stereocenters.